The Balaban J connectivity index is 1.86. The van der Waals surface area contributed by atoms with Crippen LogP contribution in [0.15, 0.2) is 48.5 Å². The summed E-state index contributed by atoms with van der Waals surface area (Å²) in [6, 6.07) is 15.8. The van der Waals surface area contributed by atoms with Gasteiger partial charge in [0.05, 0.1) is 33.5 Å². The van der Waals surface area contributed by atoms with E-state index in [4.69, 9.17) is 18.9 Å². The van der Waals surface area contributed by atoms with E-state index in [-0.39, 0.29) is 12.7 Å². The van der Waals surface area contributed by atoms with Gasteiger partial charge in [0.15, 0.2) is 0 Å². The van der Waals surface area contributed by atoms with Crippen molar-refractivity contribution in [3.05, 3.63) is 59.7 Å². The zero-order chi connectivity index (χ0) is 24.8. The molecule has 0 aromatic heterocycles. The van der Waals surface area contributed by atoms with Gasteiger partial charge in [0, 0.05) is 39.4 Å². The third kappa shape index (κ3) is 10.4. The van der Waals surface area contributed by atoms with Crippen molar-refractivity contribution in [1.82, 2.24) is 9.80 Å². The summed E-state index contributed by atoms with van der Waals surface area (Å²) in [7, 11) is 9.64. The summed E-state index contributed by atoms with van der Waals surface area (Å²) in [5, 5.41) is 0. The first-order valence-electron chi connectivity index (χ1n) is 11.5. The molecule has 0 radical (unpaired) electrons. The van der Waals surface area contributed by atoms with E-state index < -0.39 is 0 Å². The van der Waals surface area contributed by atoms with Gasteiger partial charge in [0.2, 0.25) is 0 Å². The fraction of sp³-hybridized carbons (Fsp3) is 0.500. The quantitative estimate of drug-likeness (QED) is 0.367. The van der Waals surface area contributed by atoms with Crippen LogP contribution in [-0.4, -0.2) is 90.8 Å². The summed E-state index contributed by atoms with van der Waals surface area (Å²) in [5.41, 5.74) is 3.13. The number of rotatable bonds is 15. The van der Waals surface area contributed by atoms with E-state index >= 15 is 0 Å². The van der Waals surface area contributed by atoms with Gasteiger partial charge < -0.3 is 28.7 Å². The standard InChI is InChI=1S/C26H39N3O5/c1-27(2)14-15-32-16-17-33-18-19-34-26(30)29(21-23-8-12-25(31-5)13-9-23)20-22-6-10-24(11-7-22)28(3)4/h6-13H,14-21H2,1-5H3. The maximum Gasteiger partial charge on any atom is 0.410 e. The van der Waals surface area contributed by atoms with Crippen molar-refractivity contribution in [3.63, 3.8) is 0 Å². The van der Waals surface area contributed by atoms with E-state index in [0.717, 1.165) is 29.1 Å². The second-order valence-corrected chi connectivity index (χ2v) is 8.41. The molecule has 0 aliphatic carbocycles. The maximum absolute atomic E-state index is 12.9. The van der Waals surface area contributed by atoms with Crippen LogP contribution in [0.5, 0.6) is 5.75 Å². The van der Waals surface area contributed by atoms with Gasteiger partial charge in [-0.05, 0) is 49.5 Å². The molecule has 1 amide bonds. The molecular formula is C26H39N3O5. The van der Waals surface area contributed by atoms with Gasteiger partial charge in [-0.2, -0.15) is 0 Å². The minimum Gasteiger partial charge on any atom is -0.497 e. The maximum atomic E-state index is 12.9. The number of nitrogens with zero attached hydrogens (tertiary/aromatic N) is 3. The Bertz CT molecular complexity index is 825. The Labute approximate surface area is 203 Å². The van der Waals surface area contributed by atoms with E-state index in [1.54, 1.807) is 12.0 Å². The predicted octanol–water partition coefficient (Wildman–Crippen LogP) is 3.49. The molecule has 34 heavy (non-hydrogen) atoms. The van der Waals surface area contributed by atoms with Gasteiger partial charge in [0.25, 0.3) is 0 Å². The molecule has 2 aromatic rings. The van der Waals surface area contributed by atoms with Gasteiger partial charge in [0.1, 0.15) is 12.4 Å². The van der Waals surface area contributed by atoms with E-state index in [0.29, 0.717) is 39.5 Å². The first-order chi connectivity index (χ1) is 16.4. The largest absolute Gasteiger partial charge is 0.497 e. The topological polar surface area (TPSA) is 63.7 Å². The number of carbonyl (C=O) groups excluding carboxylic acids is 1. The minimum atomic E-state index is -0.377. The molecule has 0 aliphatic heterocycles. The van der Waals surface area contributed by atoms with E-state index in [1.807, 2.05) is 81.6 Å². The Morgan fingerprint density at radius 2 is 1.26 bits per heavy atom. The van der Waals surface area contributed by atoms with E-state index in [2.05, 4.69) is 4.90 Å². The number of amides is 1. The van der Waals surface area contributed by atoms with Crippen molar-refractivity contribution < 1.29 is 23.7 Å². The van der Waals surface area contributed by atoms with Gasteiger partial charge in [-0.25, -0.2) is 4.79 Å². The Morgan fingerprint density at radius 3 is 1.79 bits per heavy atom. The highest BCUT2D eigenvalue weighted by Crippen LogP contribution is 2.17. The summed E-state index contributed by atoms with van der Waals surface area (Å²) in [5.74, 6) is 0.778. The van der Waals surface area contributed by atoms with E-state index in [1.165, 1.54) is 0 Å². The zero-order valence-corrected chi connectivity index (χ0v) is 21.2. The number of ether oxygens (including phenoxy) is 4. The van der Waals surface area contributed by atoms with Crippen molar-refractivity contribution in [2.75, 3.05) is 79.8 Å². The SMILES string of the molecule is COc1ccc(CN(Cc2ccc(N(C)C)cc2)C(=O)OCCOCCOCCN(C)C)cc1. The number of carbonyl (C=O) groups is 1. The predicted molar refractivity (Wildman–Crippen MR) is 135 cm³/mol. The Morgan fingerprint density at radius 1 is 0.735 bits per heavy atom. The number of hydrogen-bond donors (Lipinski definition) is 0. The fourth-order valence-electron chi connectivity index (χ4n) is 3.10. The van der Waals surface area contributed by atoms with Crippen LogP contribution in [-0.2, 0) is 27.3 Å². The smallest absolute Gasteiger partial charge is 0.410 e. The molecule has 2 aromatic carbocycles. The van der Waals surface area contributed by atoms with Crippen LogP contribution >= 0.6 is 0 Å². The fourth-order valence-corrected chi connectivity index (χ4v) is 3.10. The van der Waals surface area contributed by atoms with Crippen LogP contribution in [0.25, 0.3) is 0 Å². The zero-order valence-electron chi connectivity index (χ0n) is 21.2. The molecule has 8 nitrogen and oxygen atoms in total. The molecule has 0 bridgehead atoms. The van der Waals surface area contributed by atoms with Crippen LogP contribution in [0.1, 0.15) is 11.1 Å². The molecular weight excluding hydrogens is 434 g/mol. The average Bonchev–Trinajstić information content (AvgIpc) is 2.83. The lowest BCUT2D eigenvalue weighted by molar-refractivity contribution is 0.0186. The summed E-state index contributed by atoms with van der Waals surface area (Å²) in [6.07, 6.45) is -0.377. The lowest BCUT2D eigenvalue weighted by Gasteiger charge is -2.23. The molecule has 0 spiro atoms. The molecule has 188 valence electrons. The van der Waals surface area contributed by atoms with Gasteiger partial charge in [-0.15, -0.1) is 0 Å². The molecule has 8 heteroatoms. The first kappa shape index (κ1) is 27.4. The molecule has 0 saturated carbocycles. The average molecular weight is 474 g/mol. The second kappa shape index (κ2) is 15.2. The molecule has 0 heterocycles. The second-order valence-electron chi connectivity index (χ2n) is 8.41. The van der Waals surface area contributed by atoms with Crippen LogP contribution in [0.4, 0.5) is 10.5 Å². The van der Waals surface area contributed by atoms with Crippen molar-refractivity contribution in [1.29, 1.82) is 0 Å². The molecule has 0 atom stereocenters. The minimum absolute atomic E-state index is 0.190. The molecule has 0 N–H and O–H groups in total. The summed E-state index contributed by atoms with van der Waals surface area (Å²) in [6.45, 7) is 3.93. The highest BCUT2D eigenvalue weighted by atomic mass is 16.6. The number of likely N-dealkylation sites (N-methyl/N-ethyl adjacent to an activating group) is 1. The molecule has 0 saturated heterocycles. The third-order valence-corrected chi connectivity index (χ3v) is 5.12. The monoisotopic (exact) mass is 473 g/mol. The van der Waals surface area contributed by atoms with Crippen molar-refractivity contribution >= 4 is 11.8 Å². The molecule has 0 aliphatic rings. The lowest BCUT2D eigenvalue weighted by Crippen LogP contribution is -2.31. The van der Waals surface area contributed by atoms with Crippen LogP contribution in [0, 0.1) is 0 Å². The van der Waals surface area contributed by atoms with E-state index in [9.17, 15) is 4.79 Å². The third-order valence-electron chi connectivity index (χ3n) is 5.12. The van der Waals surface area contributed by atoms with Crippen molar-refractivity contribution in [2.24, 2.45) is 0 Å². The summed E-state index contributed by atoms with van der Waals surface area (Å²) < 4.78 is 21.7. The molecule has 2 rings (SSSR count). The molecule has 0 unspecified atom stereocenters. The first-order valence-corrected chi connectivity index (χ1v) is 11.5. The van der Waals surface area contributed by atoms with Gasteiger partial charge in [-0.1, -0.05) is 24.3 Å². The Kier molecular flexibility index (Phi) is 12.2. The highest BCUT2D eigenvalue weighted by molar-refractivity contribution is 5.67. The number of anilines is 1. The van der Waals surface area contributed by atoms with Gasteiger partial charge in [-0.3, -0.25) is 4.90 Å². The molecule has 0 fully saturated rings. The lowest BCUT2D eigenvalue weighted by atomic mass is 10.1. The van der Waals surface area contributed by atoms with Crippen molar-refractivity contribution in [3.8, 4) is 5.75 Å². The van der Waals surface area contributed by atoms with Crippen LogP contribution < -0.4 is 9.64 Å². The van der Waals surface area contributed by atoms with Crippen LogP contribution in [0.3, 0.4) is 0 Å². The highest BCUT2D eigenvalue weighted by Gasteiger charge is 2.16. The van der Waals surface area contributed by atoms with Gasteiger partial charge >= 0.3 is 6.09 Å². The van der Waals surface area contributed by atoms with Crippen molar-refractivity contribution in [2.45, 2.75) is 13.1 Å². The summed E-state index contributed by atoms with van der Waals surface area (Å²) in [4.78, 5) is 18.7. The number of benzene rings is 2. The Hall–Kier alpha value is -2.81. The van der Waals surface area contributed by atoms with Crippen LogP contribution in [0.2, 0.25) is 0 Å². The number of methoxy groups -OCH3 is 1. The summed E-state index contributed by atoms with van der Waals surface area (Å²) >= 11 is 0. The normalized spacial score (nSPS) is 10.9. The number of hydrogen-bond acceptors (Lipinski definition) is 7.